The van der Waals surface area contributed by atoms with Crippen LogP contribution in [0.1, 0.15) is 28.1 Å². The first-order valence-corrected chi connectivity index (χ1v) is 6.92. The van der Waals surface area contributed by atoms with E-state index in [0.717, 1.165) is 33.6 Å². The van der Waals surface area contributed by atoms with Crippen molar-refractivity contribution in [2.75, 3.05) is 13.2 Å². The molecular formula is C11H14BrNO2S. The molecule has 1 aromatic heterocycles. The second-order valence-corrected chi connectivity index (χ2v) is 6.41. The van der Waals surface area contributed by atoms with E-state index in [1.807, 2.05) is 13.0 Å². The third kappa shape index (κ3) is 2.17. The number of likely N-dealkylation sites (tertiary alicyclic amines) is 1. The number of hydrogen-bond donors (Lipinski definition) is 1. The molecule has 1 aliphatic heterocycles. The number of aryl methyl sites for hydroxylation is 1. The van der Waals surface area contributed by atoms with E-state index in [0.29, 0.717) is 0 Å². The van der Waals surface area contributed by atoms with E-state index >= 15 is 0 Å². The van der Waals surface area contributed by atoms with Crippen molar-refractivity contribution < 1.29 is 9.90 Å². The molecule has 3 nitrogen and oxygen atoms in total. The van der Waals surface area contributed by atoms with Crippen molar-refractivity contribution in [3.63, 3.8) is 0 Å². The zero-order valence-electron chi connectivity index (χ0n) is 9.07. The Morgan fingerprint density at radius 3 is 3.06 bits per heavy atom. The summed E-state index contributed by atoms with van der Waals surface area (Å²) in [7, 11) is 0. The van der Waals surface area contributed by atoms with Gasteiger partial charge >= 0.3 is 0 Å². The lowest BCUT2D eigenvalue weighted by Gasteiger charge is -2.22. The van der Waals surface area contributed by atoms with Gasteiger partial charge in [-0.25, -0.2) is 0 Å². The highest BCUT2D eigenvalue weighted by atomic mass is 79.9. The highest BCUT2D eigenvalue weighted by Crippen LogP contribution is 2.30. The maximum atomic E-state index is 12.2. The molecule has 0 aromatic carbocycles. The standard InChI is InChI=1S/C11H14BrNO2S/c1-7-5-9(16-10(7)12)11(15)13-4-2-3-8(13)6-14/h5,8,14H,2-4,6H2,1H3/t8-/m1/s1. The van der Waals surface area contributed by atoms with Crippen LogP contribution in [0.15, 0.2) is 9.85 Å². The molecule has 0 bridgehead atoms. The SMILES string of the molecule is Cc1cc(C(=O)N2CCC[C@@H]2CO)sc1Br. The van der Waals surface area contributed by atoms with Crippen LogP contribution in [0.3, 0.4) is 0 Å². The topological polar surface area (TPSA) is 40.5 Å². The Kier molecular flexibility index (Phi) is 3.66. The van der Waals surface area contributed by atoms with Crippen molar-refractivity contribution in [3.05, 3.63) is 20.3 Å². The second kappa shape index (κ2) is 4.85. The van der Waals surface area contributed by atoms with Crippen LogP contribution in [0.2, 0.25) is 0 Å². The lowest BCUT2D eigenvalue weighted by molar-refractivity contribution is 0.0682. The van der Waals surface area contributed by atoms with Crippen LogP contribution in [0, 0.1) is 6.92 Å². The molecule has 1 aromatic rings. The molecule has 5 heteroatoms. The first-order valence-electron chi connectivity index (χ1n) is 5.31. The molecule has 1 fully saturated rings. The molecular weight excluding hydrogens is 290 g/mol. The summed E-state index contributed by atoms with van der Waals surface area (Å²) < 4.78 is 1.01. The first kappa shape index (κ1) is 12.1. The van der Waals surface area contributed by atoms with Gasteiger partial charge in [0.15, 0.2) is 0 Å². The van der Waals surface area contributed by atoms with Gasteiger partial charge in [-0.15, -0.1) is 11.3 Å². The zero-order valence-corrected chi connectivity index (χ0v) is 11.5. The summed E-state index contributed by atoms with van der Waals surface area (Å²) >= 11 is 4.89. The number of carbonyl (C=O) groups excluding carboxylic acids is 1. The molecule has 0 unspecified atom stereocenters. The fraction of sp³-hybridized carbons (Fsp3) is 0.545. The van der Waals surface area contributed by atoms with E-state index in [1.165, 1.54) is 11.3 Å². The van der Waals surface area contributed by atoms with Crippen LogP contribution in [0.5, 0.6) is 0 Å². The van der Waals surface area contributed by atoms with Gasteiger partial charge in [-0.1, -0.05) is 0 Å². The van der Waals surface area contributed by atoms with Crippen molar-refractivity contribution in [2.45, 2.75) is 25.8 Å². The lowest BCUT2D eigenvalue weighted by atomic mass is 10.2. The van der Waals surface area contributed by atoms with E-state index < -0.39 is 0 Å². The summed E-state index contributed by atoms with van der Waals surface area (Å²) in [5, 5.41) is 9.19. The summed E-state index contributed by atoms with van der Waals surface area (Å²) in [5.41, 5.74) is 1.09. The number of aliphatic hydroxyl groups excluding tert-OH is 1. The maximum Gasteiger partial charge on any atom is 0.264 e. The Balaban J connectivity index is 2.18. The van der Waals surface area contributed by atoms with Crippen LogP contribution >= 0.6 is 27.3 Å². The third-order valence-corrected chi connectivity index (χ3v) is 5.04. The number of aliphatic hydroxyl groups is 1. The fourth-order valence-electron chi connectivity index (χ4n) is 2.00. The van der Waals surface area contributed by atoms with Gasteiger partial charge < -0.3 is 10.0 Å². The highest BCUT2D eigenvalue weighted by Gasteiger charge is 2.29. The van der Waals surface area contributed by atoms with Crippen LogP contribution in [-0.4, -0.2) is 35.1 Å². The second-order valence-electron chi connectivity index (χ2n) is 4.04. The predicted octanol–water partition coefficient (Wildman–Crippen LogP) is 2.42. The molecule has 0 radical (unpaired) electrons. The first-order chi connectivity index (χ1) is 7.63. The predicted molar refractivity (Wildman–Crippen MR) is 67.9 cm³/mol. The number of rotatable bonds is 2. The minimum absolute atomic E-state index is 0.00804. The zero-order chi connectivity index (χ0) is 11.7. The van der Waals surface area contributed by atoms with Crippen LogP contribution in [0.4, 0.5) is 0 Å². The van der Waals surface area contributed by atoms with Crippen LogP contribution < -0.4 is 0 Å². The minimum atomic E-state index is 0.00804. The summed E-state index contributed by atoms with van der Waals surface area (Å²) in [6, 6.07) is 1.91. The van der Waals surface area contributed by atoms with Gasteiger partial charge in [-0.05, 0) is 47.3 Å². The van der Waals surface area contributed by atoms with E-state index in [-0.39, 0.29) is 18.6 Å². The molecule has 0 spiro atoms. The summed E-state index contributed by atoms with van der Waals surface area (Å²) in [5.74, 6) is 0.0513. The van der Waals surface area contributed by atoms with Crippen molar-refractivity contribution >= 4 is 33.2 Å². The molecule has 1 saturated heterocycles. The van der Waals surface area contributed by atoms with Crippen molar-refractivity contribution in [1.29, 1.82) is 0 Å². The summed E-state index contributed by atoms with van der Waals surface area (Å²) in [6.07, 6.45) is 1.90. The molecule has 0 saturated carbocycles. The van der Waals surface area contributed by atoms with E-state index in [1.54, 1.807) is 4.90 Å². The lowest BCUT2D eigenvalue weighted by Crippen LogP contribution is -2.37. The van der Waals surface area contributed by atoms with Gasteiger partial charge in [0.2, 0.25) is 0 Å². The van der Waals surface area contributed by atoms with Gasteiger partial charge in [0.05, 0.1) is 21.3 Å². The minimum Gasteiger partial charge on any atom is -0.394 e. The number of halogens is 1. The van der Waals surface area contributed by atoms with Gasteiger partial charge in [-0.2, -0.15) is 0 Å². The Morgan fingerprint density at radius 2 is 2.50 bits per heavy atom. The largest absolute Gasteiger partial charge is 0.394 e. The number of thiophene rings is 1. The number of carbonyl (C=O) groups is 1. The average Bonchev–Trinajstić information content (AvgIpc) is 2.85. The Labute approximate surface area is 107 Å². The van der Waals surface area contributed by atoms with Gasteiger partial charge in [0, 0.05) is 6.54 Å². The number of hydrogen-bond acceptors (Lipinski definition) is 3. The normalized spacial score (nSPS) is 20.4. The van der Waals surface area contributed by atoms with Crippen LogP contribution in [-0.2, 0) is 0 Å². The van der Waals surface area contributed by atoms with Gasteiger partial charge in [-0.3, -0.25) is 4.79 Å². The van der Waals surface area contributed by atoms with E-state index in [2.05, 4.69) is 15.9 Å². The third-order valence-electron chi connectivity index (χ3n) is 2.92. The van der Waals surface area contributed by atoms with Crippen molar-refractivity contribution in [3.8, 4) is 0 Å². The fourth-order valence-corrected chi connectivity index (χ4v) is 3.49. The molecule has 2 rings (SSSR count). The number of nitrogens with zero attached hydrogens (tertiary/aromatic N) is 1. The van der Waals surface area contributed by atoms with Gasteiger partial charge in [0.1, 0.15) is 0 Å². The molecule has 0 aliphatic carbocycles. The van der Waals surface area contributed by atoms with E-state index in [9.17, 15) is 9.90 Å². The molecule has 1 amide bonds. The van der Waals surface area contributed by atoms with Crippen molar-refractivity contribution in [2.24, 2.45) is 0 Å². The Bertz CT molecular complexity index is 385. The smallest absolute Gasteiger partial charge is 0.264 e. The average molecular weight is 304 g/mol. The highest BCUT2D eigenvalue weighted by molar-refractivity contribution is 9.11. The summed E-state index contributed by atoms with van der Waals surface area (Å²) in [4.78, 5) is 14.7. The molecule has 1 aliphatic rings. The molecule has 2 heterocycles. The molecule has 16 heavy (non-hydrogen) atoms. The quantitative estimate of drug-likeness (QED) is 0.911. The van der Waals surface area contributed by atoms with Crippen LogP contribution in [0.25, 0.3) is 0 Å². The van der Waals surface area contributed by atoms with Crippen molar-refractivity contribution in [1.82, 2.24) is 4.90 Å². The molecule has 88 valence electrons. The summed E-state index contributed by atoms with van der Waals surface area (Å²) in [6.45, 7) is 2.81. The Hall–Kier alpha value is -0.390. The van der Waals surface area contributed by atoms with Gasteiger partial charge in [0.25, 0.3) is 5.91 Å². The monoisotopic (exact) mass is 303 g/mol. The molecule has 1 atom stereocenters. The maximum absolute atomic E-state index is 12.2. The molecule has 1 N–H and O–H groups in total. The Morgan fingerprint density at radius 1 is 1.75 bits per heavy atom. The number of amides is 1. The van der Waals surface area contributed by atoms with E-state index in [4.69, 9.17) is 0 Å².